The molecule has 0 saturated heterocycles. The Kier molecular flexibility index (Phi) is 10.4. The Bertz CT molecular complexity index is 2350. The summed E-state index contributed by atoms with van der Waals surface area (Å²) in [4.78, 5) is 47.8. The lowest BCUT2D eigenvalue weighted by atomic mass is 10.1. The molecule has 0 aliphatic heterocycles. The number of carbonyl (C=O) groups excluding carboxylic acids is 2. The van der Waals surface area contributed by atoms with E-state index in [2.05, 4.69) is 83.9 Å². The average Bonchev–Trinajstić information content (AvgIpc) is 3.77. The number of amides is 2. The van der Waals surface area contributed by atoms with Gasteiger partial charge < -0.3 is 19.8 Å². The molecule has 0 bridgehead atoms. The summed E-state index contributed by atoms with van der Waals surface area (Å²) in [5.41, 5.74) is 12.4. The minimum absolute atomic E-state index is 0.148. The lowest BCUT2D eigenvalue weighted by molar-refractivity contribution is 0.0266. The maximum absolute atomic E-state index is 13.7. The molecule has 2 unspecified atom stereocenters. The minimum atomic E-state index is -0.355. The highest BCUT2D eigenvalue weighted by Crippen LogP contribution is 2.47. The highest BCUT2D eigenvalue weighted by molar-refractivity contribution is 14.1. The average molecular weight is 925 g/mol. The lowest BCUT2D eigenvalue weighted by Crippen LogP contribution is -2.25. The molecule has 4 aromatic heterocycles. The highest BCUT2D eigenvalue weighted by atomic mass is 127. The summed E-state index contributed by atoms with van der Waals surface area (Å²) >= 11 is 4.57. The number of nitrogens with one attached hydrogen (secondary N) is 4. The Labute approximate surface area is 328 Å². The molecule has 1 aliphatic rings. The van der Waals surface area contributed by atoms with Crippen LogP contribution in [0.15, 0.2) is 66.9 Å². The number of fused-ring (bicyclic) bond motifs is 2. The molecule has 4 N–H and O–H groups in total. The number of halogens is 2. The van der Waals surface area contributed by atoms with Gasteiger partial charge in [-0.25, -0.2) is 20.9 Å². The number of hydrogen-bond donors (Lipinski definition) is 4. The van der Waals surface area contributed by atoms with Gasteiger partial charge in [0.25, 0.3) is 11.8 Å². The number of hydrogen-bond acceptors (Lipinski definition) is 8. The minimum Gasteiger partial charge on any atom is -0.341 e. The standard InChI is InChI=1S/C38H38I2N8O4/c1-6-51-45-37(49)32-26-11-14-30(44-34(26)48(5)36(32)43-29-13-10-24(40)17-21(29)3)27-18-22(27)19-52-46-38(50)31-25-8-7-15-41-33(25)47(4)35(31)42-28-12-9-23(39)16-20(28)2/h7-17,22,27,42-43H,6,18-19H2,1-5H3,(H,45,49)(H,46,50). The van der Waals surface area contributed by atoms with E-state index >= 15 is 0 Å². The molecule has 0 radical (unpaired) electrons. The zero-order valence-corrected chi connectivity index (χ0v) is 33.6. The molecule has 1 saturated carbocycles. The molecule has 52 heavy (non-hydrogen) atoms. The quantitative estimate of drug-likeness (QED) is 0.0719. The van der Waals surface area contributed by atoms with Gasteiger partial charge in [0.05, 0.1) is 24.3 Å². The maximum Gasteiger partial charge on any atom is 0.279 e. The third-order valence-electron chi connectivity index (χ3n) is 9.41. The number of anilines is 4. The summed E-state index contributed by atoms with van der Waals surface area (Å²) in [6.45, 7) is 6.54. The second-order valence-electron chi connectivity index (χ2n) is 12.9. The molecule has 2 atom stereocenters. The summed E-state index contributed by atoms with van der Waals surface area (Å²) in [5, 5.41) is 8.37. The summed E-state index contributed by atoms with van der Waals surface area (Å²) in [6, 6.07) is 19.9. The van der Waals surface area contributed by atoms with E-state index in [-0.39, 0.29) is 23.7 Å². The Morgan fingerprint density at radius 3 is 1.98 bits per heavy atom. The Hall–Kier alpha value is -4.26. The van der Waals surface area contributed by atoms with Crippen LogP contribution in [0, 0.1) is 26.9 Å². The molecule has 2 aromatic carbocycles. The van der Waals surface area contributed by atoms with Crippen LogP contribution in [-0.4, -0.2) is 44.1 Å². The van der Waals surface area contributed by atoms with Crippen molar-refractivity contribution in [2.24, 2.45) is 20.0 Å². The van der Waals surface area contributed by atoms with Crippen LogP contribution in [0.5, 0.6) is 0 Å². The fourth-order valence-corrected chi connectivity index (χ4v) is 7.87. The van der Waals surface area contributed by atoms with E-state index in [1.54, 1.807) is 6.20 Å². The van der Waals surface area contributed by atoms with Crippen molar-refractivity contribution < 1.29 is 19.3 Å². The second-order valence-corrected chi connectivity index (χ2v) is 15.4. The Morgan fingerprint density at radius 2 is 1.38 bits per heavy atom. The zero-order chi connectivity index (χ0) is 36.7. The van der Waals surface area contributed by atoms with Crippen molar-refractivity contribution in [2.45, 2.75) is 33.1 Å². The van der Waals surface area contributed by atoms with E-state index < -0.39 is 0 Å². The van der Waals surface area contributed by atoms with Crippen LogP contribution in [0.4, 0.5) is 23.0 Å². The van der Waals surface area contributed by atoms with Crippen LogP contribution in [0.3, 0.4) is 0 Å². The molecule has 14 heteroatoms. The van der Waals surface area contributed by atoms with Crippen LogP contribution in [0.1, 0.15) is 56.8 Å². The summed E-state index contributed by atoms with van der Waals surface area (Å²) in [6.07, 6.45) is 2.58. The first-order chi connectivity index (χ1) is 25.0. The van der Waals surface area contributed by atoms with Gasteiger partial charge in [-0.15, -0.1) is 0 Å². The van der Waals surface area contributed by atoms with Crippen molar-refractivity contribution in [2.75, 3.05) is 23.8 Å². The van der Waals surface area contributed by atoms with Gasteiger partial charge in [0.2, 0.25) is 0 Å². The van der Waals surface area contributed by atoms with Gasteiger partial charge >= 0.3 is 0 Å². The largest absolute Gasteiger partial charge is 0.341 e. The van der Waals surface area contributed by atoms with Gasteiger partial charge in [-0.3, -0.25) is 19.3 Å². The predicted octanol–water partition coefficient (Wildman–Crippen LogP) is 7.92. The maximum atomic E-state index is 13.7. The fraction of sp³-hybridized carbons (Fsp3) is 0.263. The molecule has 1 fully saturated rings. The van der Waals surface area contributed by atoms with Crippen molar-refractivity contribution in [1.82, 2.24) is 30.1 Å². The summed E-state index contributed by atoms with van der Waals surface area (Å²) < 4.78 is 6.06. The van der Waals surface area contributed by atoms with Crippen molar-refractivity contribution in [1.29, 1.82) is 0 Å². The van der Waals surface area contributed by atoms with E-state index in [0.29, 0.717) is 52.7 Å². The van der Waals surface area contributed by atoms with Gasteiger partial charge in [0.15, 0.2) is 0 Å². The zero-order valence-electron chi connectivity index (χ0n) is 29.3. The molecule has 2 amide bonds. The van der Waals surface area contributed by atoms with Gasteiger partial charge in [-0.05, 0) is 150 Å². The smallest absolute Gasteiger partial charge is 0.279 e. The lowest BCUT2D eigenvalue weighted by Gasteiger charge is -2.13. The van der Waals surface area contributed by atoms with Crippen molar-refractivity contribution in [3.05, 3.63) is 102 Å². The summed E-state index contributed by atoms with van der Waals surface area (Å²) in [7, 11) is 3.79. The highest BCUT2D eigenvalue weighted by Gasteiger charge is 2.40. The number of benzene rings is 2. The van der Waals surface area contributed by atoms with Gasteiger partial charge in [-0.2, -0.15) is 0 Å². The van der Waals surface area contributed by atoms with Crippen molar-refractivity contribution in [3.8, 4) is 0 Å². The number of aryl methyl sites for hydroxylation is 4. The van der Waals surface area contributed by atoms with Crippen LogP contribution < -0.4 is 21.6 Å². The number of nitrogens with zero attached hydrogens (tertiary/aromatic N) is 4. The van der Waals surface area contributed by atoms with Crippen LogP contribution in [-0.2, 0) is 23.8 Å². The normalized spacial score (nSPS) is 15.2. The number of hydroxylamine groups is 2. The summed E-state index contributed by atoms with van der Waals surface area (Å²) in [5.74, 6) is 0.855. The Morgan fingerprint density at radius 1 is 0.808 bits per heavy atom. The molecule has 12 nitrogen and oxygen atoms in total. The van der Waals surface area contributed by atoms with E-state index in [4.69, 9.17) is 14.7 Å². The molecule has 1 aliphatic carbocycles. The van der Waals surface area contributed by atoms with E-state index in [0.717, 1.165) is 47.1 Å². The van der Waals surface area contributed by atoms with Crippen molar-refractivity contribution >= 4 is 102 Å². The number of rotatable bonds is 12. The molecule has 7 rings (SSSR count). The molecule has 0 spiro atoms. The first-order valence-corrected chi connectivity index (χ1v) is 19.0. The van der Waals surface area contributed by atoms with E-state index in [1.807, 2.05) is 92.5 Å². The predicted molar refractivity (Wildman–Crippen MR) is 219 cm³/mol. The first-order valence-electron chi connectivity index (χ1n) is 16.9. The van der Waals surface area contributed by atoms with Gasteiger partial charge in [0, 0.05) is 61.2 Å². The van der Waals surface area contributed by atoms with Gasteiger partial charge in [0.1, 0.15) is 22.9 Å². The fourth-order valence-electron chi connectivity index (χ4n) is 6.57. The first kappa shape index (κ1) is 36.1. The second kappa shape index (κ2) is 15.0. The number of carbonyl (C=O) groups is 2. The van der Waals surface area contributed by atoms with Gasteiger partial charge in [-0.1, -0.05) is 0 Å². The van der Waals surface area contributed by atoms with Crippen LogP contribution >= 0.6 is 45.2 Å². The Balaban J connectivity index is 1.08. The SMILES string of the molecule is CCONC(=O)c1c(Nc2ccc(I)cc2C)n(C)c2nc(C3CC3CONC(=O)c3c(Nc4ccc(I)cc4C)n(C)c4ncccc34)ccc12. The van der Waals surface area contributed by atoms with Crippen molar-refractivity contribution in [3.63, 3.8) is 0 Å². The third-order valence-corrected chi connectivity index (χ3v) is 10.8. The molecule has 4 heterocycles. The van der Waals surface area contributed by atoms with E-state index in [1.165, 1.54) is 0 Å². The van der Waals surface area contributed by atoms with Crippen LogP contribution in [0.2, 0.25) is 0 Å². The van der Waals surface area contributed by atoms with E-state index in [9.17, 15) is 9.59 Å². The number of aromatic nitrogens is 4. The topological polar surface area (TPSA) is 136 Å². The molecular formula is C38H38I2N8O4. The monoisotopic (exact) mass is 924 g/mol. The molecule has 268 valence electrons. The molecule has 6 aromatic rings. The van der Waals surface area contributed by atoms with Crippen LogP contribution in [0.25, 0.3) is 22.1 Å². The molecular weight excluding hydrogens is 886 g/mol. The third kappa shape index (κ3) is 7.08. The number of pyridine rings is 2.